The lowest BCUT2D eigenvalue weighted by Gasteiger charge is -2.30. The standard InChI is InChI=1S/C10H18N4O3/c1-14-10(7(15-2)5-12-14)9(13-11)8-6-16-3-4-17-8/h5,8-9,13H,3-4,6,11H2,1-2H3. The van der Waals surface area contributed by atoms with E-state index in [9.17, 15) is 0 Å². The number of methoxy groups -OCH3 is 1. The van der Waals surface area contributed by atoms with Crippen LogP contribution in [-0.4, -0.2) is 42.8 Å². The Hall–Kier alpha value is -1.15. The average molecular weight is 242 g/mol. The lowest BCUT2D eigenvalue weighted by molar-refractivity contribution is -0.103. The highest BCUT2D eigenvalue weighted by Gasteiger charge is 2.30. The van der Waals surface area contributed by atoms with E-state index in [1.54, 1.807) is 18.0 Å². The molecule has 2 atom stereocenters. The number of hydrogen-bond donors (Lipinski definition) is 2. The summed E-state index contributed by atoms with van der Waals surface area (Å²) in [6, 6.07) is -0.210. The van der Waals surface area contributed by atoms with Gasteiger partial charge in [-0.2, -0.15) is 5.10 Å². The predicted molar refractivity (Wildman–Crippen MR) is 60.4 cm³/mol. The molecule has 96 valence electrons. The van der Waals surface area contributed by atoms with Crippen molar-refractivity contribution in [2.45, 2.75) is 12.1 Å². The third kappa shape index (κ3) is 2.42. The van der Waals surface area contributed by atoms with Crippen LogP contribution in [0, 0.1) is 0 Å². The van der Waals surface area contributed by atoms with Gasteiger partial charge >= 0.3 is 0 Å². The Morgan fingerprint density at radius 2 is 2.47 bits per heavy atom. The van der Waals surface area contributed by atoms with Gasteiger partial charge in [-0.05, 0) is 0 Å². The molecule has 2 heterocycles. The van der Waals surface area contributed by atoms with E-state index in [0.29, 0.717) is 25.6 Å². The van der Waals surface area contributed by atoms with Crippen LogP contribution in [0.3, 0.4) is 0 Å². The molecular weight excluding hydrogens is 224 g/mol. The fourth-order valence-corrected chi connectivity index (χ4v) is 2.00. The van der Waals surface area contributed by atoms with Crippen molar-refractivity contribution in [2.24, 2.45) is 12.9 Å². The van der Waals surface area contributed by atoms with Crippen LogP contribution < -0.4 is 16.0 Å². The fourth-order valence-electron chi connectivity index (χ4n) is 2.00. The van der Waals surface area contributed by atoms with Crippen LogP contribution in [0.15, 0.2) is 6.20 Å². The van der Waals surface area contributed by atoms with Crippen LogP contribution in [-0.2, 0) is 16.5 Å². The van der Waals surface area contributed by atoms with Crippen molar-refractivity contribution in [1.82, 2.24) is 15.2 Å². The predicted octanol–water partition coefficient (Wildman–Crippen LogP) is -0.651. The van der Waals surface area contributed by atoms with Crippen molar-refractivity contribution in [3.63, 3.8) is 0 Å². The molecule has 0 bridgehead atoms. The zero-order valence-corrected chi connectivity index (χ0v) is 10.0. The number of hydrazine groups is 1. The van der Waals surface area contributed by atoms with Crippen LogP contribution >= 0.6 is 0 Å². The number of aromatic nitrogens is 2. The van der Waals surface area contributed by atoms with Gasteiger partial charge in [0.2, 0.25) is 0 Å². The van der Waals surface area contributed by atoms with Gasteiger partial charge in [-0.15, -0.1) is 0 Å². The first-order valence-electron chi connectivity index (χ1n) is 5.49. The van der Waals surface area contributed by atoms with Gasteiger partial charge in [-0.3, -0.25) is 10.5 Å². The molecule has 0 saturated carbocycles. The first-order valence-corrected chi connectivity index (χ1v) is 5.49. The summed E-state index contributed by atoms with van der Waals surface area (Å²) in [5.74, 6) is 6.29. The molecule has 3 N–H and O–H groups in total. The molecule has 0 spiro atoms. The highest BCUT2D eigenvalue weighted by molar-refractivity contribution is 5.29. The van der Waals surface area contributed by atoms with Crippen molar-refractivity contribution >= 4 is 0 Å². The fraction of sp³-hybridized carbons (Fsp3) is 0.700. The van der Waals surface area contributed by atoms with E-state index in [-0.39, 0.29) is 12.1 Å². The van der Waals surface area contributed by atoms with Gasteiger partial charge in [-0.1, -0.05) is 0 Å². The van der Waals surface area contributed by atoms with Gasteiger partial charge < -0.3 is 14.2 Å². The van der Waals surface area contributed by atoms with Crippen molar-refractivity contribution < 1.29 is 14.2 Å². The molecule has 0 amide bonds. The Labute approximate surface area is 99.8 Å². The molecule has 1 saturated heterocycles. The van der Waals surface area contributed by atoms with E-state index in [0.717, 1.165) is 5.69 Å². The number of ether oxygens (including phenoxy) is 3. The SMILES string of the molecule is COc1cnn(C)c1C(NN)C1COCCO1. The topological polar surface area (TPSA) is 83.6 Å². The maximum absolute atomic E-state index is 5.65. The molecule has 1 aliphatic heterocycles. The normalized spacial score (nSPS) is 22.4. The molecule has 2 rings (SSSR count). The molecule has 1 fully saturated rings. The number of nitrogens with two attached hydrogens (primary N) is 1. The van der Waals surface area contributed by atoms with E-state index < -0.39 is 0 Å². The Bertz CT molecular complexity index is 362. The summed E-state index contributed by atoms with van der Waals surface area (Å²) in [4.78, 5) is 0. The summed E-state index contributed by atoms with van der Waals surface area (Å²) in [6.45, 7) is 1.70. The summed E-state index contributed by atoms with van der Waals surface area (Å²) in [7, 11) is 3.44. The Kier molecular flexibility index (Phi) is 3.95. The first kappa shape index (κ1) is 12.3. The van der Waals surface area contributed by atoms with E-state index in [1.165, 1.54) is 0 Å². The van der Waals surface area contributed by atoms with Gasteiger partial charge in [0, 0.05) is 7.05 Å². The van der Waals surface area contributed by atoms with E-state index in [4.69, 9.17) is 20.1 Å². The van der Waals surface area contributed by atoms with Gasteiger partial charge in [0.25, 0.3) is 0 Å². The van der Waals surface area contributed by atoms with Gasteiger partial charge in [0.05, 0.1) is 39.2 Å². The van der Waals surface area contributed by atoms with E-state index in [2.05, 4.69) is 10.5 Å². The molecule has 1 aromatic heterocycles. The Morgan fingerprint density at radius 3 is 3.06 bits per heavy atom. The molecule has 2 unspecified atom stereocenters. The van der Waals surface area contributed by atoms with Crippen LogP contribution in [0.25, 0.3) is 0 Å². The van der Waals surface area contributed by atoms with Crippen molar-refractivity contribution in [2.75, 3.05) is 26.9 Å². The van der Waals surface area contributed by atoms with E-state index >= 15 is 0 Å². The minimum atomic E-state index is -0.210. The minimum absolute atomic E-state index is 0.141. The Balaban J connectivity index is 2.23. The van der Waals surface area contributed by atoms with Gasteiger partial charge in [0.1, 0.15) is 11.8 Å². The lowest BCUT2D eigenvalue weighted by atomic mass is 10.1. The molecular formula is C10H18N4O3. The molecule has 0 aromatic carbocycles. The van der Waals surface area contributed by atoms with Crippen molar-refractivity contribution in [3.8, 4) is 5.75 Å². The zero-order chi connectivity index (χ0) is 12.3. The molecule has 7 heteroatoms. The highest BCUT2D eigenvalue weighted by atomic mass is 16.6. The number of aryl methyl sites for hydroxylation is 1. The maximum atomic E-state index is 5.65. The average Bonchev–Trinajstić information content (AvgIpc) is 2.74. The molecule has 7 nitrogen and oxygen atoms in total. The van der Waals surface area contributed by atoms with Crippen LogP contribution in [0.2, 0.25) is 0 Å². The number of nitrogens with one attached hydrogen (secondary N) is 1. The molecule has 17 heavy (non-hydrogen) atoms. The number of hydrogen-bond acceptors (Lipinski definition) is 6. The summed E-state index contributed by atoms with van der Waals surface area (Å²) >= 11 is 0. The van der Waals surface area contributed by atoms with Crippen molar-refractivity contribution in [3.05, 3.63) is 11.9 Å². The largest absolute Gasteiger partial charge is 0.493 e. The van der Waals surface area contributed by atoms with Crippen LogP contribution in [0.1, 0.15) is 11.7 Å². The summed E-state index contributed by atoms with van der Waals surface area (Å²) in [5.41, 5.74) is 3.60. The zero-order valence-electron chi connectivity index (χ0n) is 10.0. The summed E-state index contributed by atoms with van der Waals surface area (Å²) < 4.78 is 18.0. The summed E-state index contributed by atoms with van der Waals surface area (Å²) in [6.07, 6.45) is 1.52. The Morgan fingerprint density at radius 1 is 1.65 bits per heavy atom. The number of nitrogens with zero attached hydrogens (tertiary/aromatic N) is 2. The second-order valence-electron chi connectivity index (χ2n) is 3.85. The quantitative estimate of drug-likeness (QED) is 0.539. The molecule has 0 radical (unpaired) electrons. The summed E-state index contributed by atoms with van der Waals surface area (Å²) in [5, 5.41) is 4.15. The second kappa shape index (κ2) is 5.46. The first-order chi connectivity index (χ1) is 8.27. The van der Waals surface area contributed by atoms with Crippen LogP contribution in [0.4, 0.5) is 0 Å². The molecule has 0 aliphatic carbocycles. The number of rotatable bonds is 4. The van der Waals surface area contributed by atoms with Crippen molar-refractivity contribution in [1.29, 1.82) is 0 Å². The monoisotopic (exact) mass is 242 g/mol. The minimum Gasteiger partial charge on any atom is -0.493 e. The highest BCUT2D eigenvalue weighted by Crippen LogP contribution is 2.28. The third-order valence-electron chi connectivity index (χ3n) is 2.86. The van der Waals surface area contributed by atoms with Gasteiger partial charge in [-0.25, -0.2) is 5.43 Å². The lowest BCUT2D eigenvalue weighted by Crippen LogP contribution is -2.44. The third-order valence-corrected chi connectivity index (χ3v) is 2.86. The smallest absolute Gasteiger partial charge is 0.161 e. The maximum Gasteiger partial charge on any atom is 0.161 e. The van der Waals surface area contributed by atoms with Gasteiger partial charge in [0.15, 0.2) is 5.75 Å². The molecule has 1 aromatic rings. The second-order valence-corrected chi connectivity index (χ2v) is 3.85. The van der Waals surface area contributed by atoms with Crippen LogP contribution in [0.5, 0.6) is 5.75 Å². The van der Waals surface area contributed by atoms with E-state index in [1.807, 2.05) is 7.05 Å². The molecule has 1 aliphatic rings.